The molecular formula is C17H26BrF2NO3Si. The van der Waals surface area contributed by atoms with Crippen LogP contribution in [0.2, 0.25) is 25.7 Å². The SMILES string of the molecule is CN(CCc1cc(Br)ccc1OCC(F)F)C(=O)OCC[Si](C)(C)C. The Bertz CT molecular complexity index is 567. The van der Waals surface area contributed by atoms with Crippen molar-refractivity contribution < 1.29 is 23.0 Å². The number of hydrogen-bond donors (Lipinski definition) is 0. The lowest BCUT2D eigenvalue weighted by molar-refractivity contribution is 0.0813. The standard InChI is InChI=1S/C17H26BrF2NO3Si/c1-21(17(22)23-9-10-25(2,3)4)8-7-13-11-14(18)5-6-15(13)24-12-16(19)20/h5-6,11,16H,7-10,12H2,1-4H3. The van der Waals surface area contributed by atoms with Gasteiger partial charge in [0.1, 0.15) is 12.4 Å². The molecule has 1 aromatic carbocycles. The van der Waals surface area contributed by atoms with Crippen molar-refractivity contribution in [3.8, 4) is 5.75 Å². The van der Waals surface area contributed by atoms with Gasteiger partial charge in [-0.15, -0.1) is 0 Å². The summed E-state index contributed by atoms with van der Waals surface area (Å²) in [7, 11) is 0.420. The topological polar surface area (TPSA) is 38.8 Å². The van der Waals surface area contributed by atoms with Gasteiger partial charge < -0.3 is 14.4 Å². The van der Waals surface area contributed by atoms with Gasteiger partial charge in [-0.2, -0.15) is 0 Å². The van der Waals surface area contributed by atoms with Crippen LogP contribution in [0.5, 0.6) is 5.75 Å². The van der Waals surface area contributed by atoms with Crippen molar-refractivity contribution in [3.05, 3.63) is 28.2 Å². The molecule has 1 aromatic rings. The molecule has 0 saturated heterocycles. The summed E-state index contributed by atoms with van der Waals surface area (Å²) in [4.78, 5) is 13.5. The Kier molecular flexibility index (Phi) is 8.85. The van der Waals surface area contributed by atoms with Crippen LogP contribution in [-0.2, 0) is 11.2 Å². The zero-order valence-corrected chi connectivity index (χ0v) is 17.7. The quantitative estimate of drug-likeness (QED) is 0.507. The van der Waals surface area contributed by atoms with E-state index in [2.05, 4.69) is 35.6 Å². The molecule has 0 aliphatic heterocycles. The number of hydrogen-bond acceptors (Lipinski definition) is 3. The maximum atomic E-state index is 12.4. The highest BCUT2D eigenvalue weighted by Crippen LogP contribution is 2.24. The van der Waals surface area contributed by atoms with Gasteiger partial charge in [0.05, 0.1) is 6.61 Å². The molecule has 0 aliphatic rings. The van der Waals surface area contributed by atoms with E-state index in [9.17, 15) is 13.6 Å². The van der Waals surface area contributed by atoms with Gasteiger partial charge in [0.25, 0.3) is 6.43 Å². The van der Waals surface area contributed by atoms with Crippen LogP contribution in [0, 0.1) is 0 Å². The molecule has 0 atom stereocenters. The Morgan fingerprint density at radius 1 is 1.32 bits per heavy atom. The van der Waals surface area contributed by atoms with Crippen molar-refractivity contribution in [3.63, 3.8) is 0 Å². The fourth-order valence-electron chi connectivity index (χ4n) is 1.97. The molecule has 0 aromatic heterocycles. The van der Waals surface area contributed by atoms with Crippen LogP contribution in [0.3, 0.4) is 0 Å². The summed E-state index contributed by atoms with van der Waals surface area (Å²) in [6.45, 7) is 6.85. The number of carbonyl (C=O) groups is 1. The van der Waals surface area contributed by atoms with E-state index in [1.165, 1.54) is 4.90 Å². The van der Waals surface area contributed by atoms with Gasteiger partial charge >= 0.3 is 6.09 Å². The van der Waals surface area contributed by atoms with Crippen LogP contribution >= 0.6 is 15.9 Å². The highest BCUT2D eigenvalue weighted by molar-refractivity contribution is 9.10. The molecule has 0 N–H and O–H groups in total. The number of amides is 1. The van der Waals surface area contributed by atoms with Crippen molar-refractivity contribution in [2.75, 3.05) is 26.8 Å². The Morgan fingerprint density at radius 3 is 2.60 bits per heavy atom. The van der Waals surface area contributed by atoms with Crippen LogP contribution in [0.1, 0.15) is 5.56 Å². The average molecular weight is 438 g/mol. The Hall–Kier alpha value is -1.15. The number of halogens is 3. The molecule has 25 heavy (non-hydrogen) atoms. The minimum atomic E-state index is -2.53. The molecule has 0 spiro atoms. The van der Waals surface area contributed by atoms with Gasteiger partial charge in [-0.1, -0.05) is 35.6 Å². The molecule has 0 heterocycles. The summed E-state index contributed by atoms with van der Waals surface area (Å²) < 4.78 is 36.0. The molecule has 1 amide bonds. The van der Waals surface area contributed by atoms with Gasteiger partial charge in [-0.05, 0) is 36.2 Å². The van der Waals surface area contributed by atoms with Gasteiger partial charge in [0.15, 0.2) is 0 Å². The summed E-state index contributed by atoms with van der Waals surface area (Å²) in [6, 6.07) is 6.11. The molecular weight excluding hydrogens is 412 g/mol. The van der Waals surface area contributed by atoms with Crippen molar-refractivity contribution >= 4 is 30.1 Å². The third kappa shape index (κ3) is 9.20. The third-order valence-electron chi connectivity index (χ3n) is 3.49. The molecule has 8 heteroatoms. The van der Waals surface area contributed by atoms with E-state index in [0.29, 0.717) is 25.3 Å². The number of nitrogens with zero attached hydrogens (tertiary/aromatic N) is 1. The lowest BCUT2D eigenvalue weighted by Crippen LogP contribution is -2.31. The predicted octanol–water partition coefficient (Wildman–Crippen LogP) is 5.04. The lowest BCUT2D eigenvalue weighted by atomic mass is 10.1. The lowest BCUT2D eigenvalue weighted by Gasteiger charge is -2.20. The maximum absolute atomic E-state index is 12.4. The van der Waals surface area contributed by atoms with E-state index < -0.39 is 21.1 Å². The normalized spacial score (nSPS) is 11.5. The third-order valence-corrected chi connectivity index (χ3v) is 5.69. The first-order valence-electron chi connectivity index (χ1n) is 8.16. The van der Waals surface area contributed by atoms with E-state index >= 15 is 0 Å². The second kappa shape index (κ2) is 10.1. The monoisotopic (exact) mass is 437 g/mol. The molecule has 0 unspecified atom stereocenters. The average Bonchev–Trinajstić information content (AvgIpc) is 2.50. The van der Waals surface area contributed by atoms with Crippen molar-refractivity contribution in [2.45, 2.75) is 38.5 Å². The Labute approximate surface area is 157 Å². The molecule has 142 valence electrons. The number of benzene rings is 1. The second-order valence-electron chi connectivity index (χ2n) is 7.05. The predicted molar refractivity (Wildman–Crippen MR) is 101 cm³/mol. The van der Waals surface area contributed by atoms with Gasteiger partial charge in [0.2, 0.25) is 0 Å². The zero-order chi connectivity index (χ0) is 19.0. The van der Waals surface area contributed by atoms with E-state index in [0.717, 1.165) is 16.1 Å². The summed E-state index contributed by atoms with van der Waals surface area (Å²) in [5, 5.41) is 0. The number of ether oxygens (including phenoxy) is 2. The molecule has 1 rings (SSSR count). The van der Waals surface area contributed by atoms with E-state index in [-0.39, 0.29) is 6.09 Å². The summed E-state index contributed by atoms with van der Waals surface area (Å²) in [5.74, 6) is 0.406. The first kappa shape index (κ1) is 21.9. The van der Waals surface area contributed by atoms with Crippen molar-refractivity contribution in [2.24, 2.45) is 0 Å². The van der Waals surface area contributed by atoms with Crippen LogP contribution in [-0.4, -0.2) is 52.3 Å². The molecule has 0 saturated carbocycles. The molecule has 0 fully saturated rings. The molecule has 4 nitrogen and oxygen atoms in total. The van der Waals surface area contributed by atoms with Crippen LogP contribution in [0.15, 0.2) is 22.7 Å². The summed E-state index contributed by atoms with van der Waals surface area (Å²) >= 11 is 3.36. The first-order valence-corrected chi connectivity index (χ1v) is 12.7. The van der Waals surface area contributed by atoms with Gasteiger partial charge in [0, 0.05) is 26.1 Å². The van der Waals surface area contributed by atoms with Crippen LogP contribution in [0.25, 0.3) is 0 Å². The Morgan fingerprint density at radius 2 is 2.00 bits per heavy atom. The highest BCUT2D eigenvalue weighted by Gasteiger charge is 2.16. The van der Waals surface area contributed by atoms with Crippen LogP contribution < -0.4 is 4.74 Å². The fraction of sp³-hybridized carbons (Fsp3) is 0.588. The van der Waals surface area contributed by atoms with Crippen molar-refractivity contribution in [1.29, 1.82) is 0 Å². The highest BCUT2D eigenvalue weighted by atomic mass is 79.9. The molecule has 0 radical (unpaired) electrons. The smallest absolute Gasteiger partial charge is 0.409 e. The molecule has 0 bridgehead atoms. The number of likely N-dealkylation sites (N-methyl/N-ethyl adjacent to an activating group) is 1. The molecule has 0 aliphatic carbocycles. The van der Waals surface area contributed by atoms with Crippen molar-refractivity contribution in [1.82, 2.24) is 4.90 Å². The van der Waals surface area contributed by atoms with E-state index in [4.69, 9.17) is 9.47 Å². The number of rotatable bonds is 9. The zero-order valence-electron chi connectivity index (χ0n) is 15.2. The number of carbonyl (C=O) groups excluding carboxylic acids is 1. The summed E-state index contributed by atoms with van der Waals surface area (Å²) in [5.41, 5.74) is 0.761. The number of alkyl halides is 2. The maximum Gasteiger partial charge on any atom is 0.409 e. The van der Waals surface area contributed by atoms with Gasteiger partial charge in [-0.3, -0.25) is 0 Å². The van der Waals surface area contributed by atoms with E-state index in [1.54, 1.807) is 19.2 Å². The second-order valence-corrected chi connectivity index (χ2v) is 13.6. The minimum Gasteiger partial charge on any atom is -0.487 e. The van der Waals surface area contributed by atoms with Crippen LogP contribution in [0.4, 0.5) is 13.6 Å². The minimum absolute atomic E-state index is 0.372. The largest absolute Gasteiger partial charge is 0.487 e. The summed E-state index contributed by atoms with van der Waals surface area (Å²) in [6.07, 6.45) is -2.42. The van der Waals surface area contributed by atoms with E-state index in [1.807, 2.05) is 6.07 Å². The Balaban J connectivity index is 2.55. The van der Waals surface area contributed by atoms with Gasteiger partial charge in [-0.25, -0.2) is 13.6 Å². The fourth-order valence-corrected chi connectivity index (χ4v) is 3.09. The first-order chi connectivity index (χ1) is 11.6.